The van der Waals surface area contributed by atoms with Crippen LogP contribution in [0.4, 0.5) is 5.82 Å². The van der Waals surface area contributed by atoms with Crippen LogP contribution in [0.3, 0.4) is 0 Å². The fourth-order valence-electron chi connectivity index (χ4n) is 2.57. The fraction of sp³-hybridized carbons (Fsp3) is 0.429. The third-order valence-corrected chi connectivity index (χ3v) is 4.39. The maximum absolute atomic E-state index is 9.30. The van der Waals surface area contributed by atoms with Crippen molar-refractivity contribution < 1.29 is 5.11 Å². The van der Waals surface area contributed by atoms with Crippen molar-refractivity contribution in [3.63, 3.8) is 0 Å². The Morgan fingerprint density at radius 2 is 2.00 bits per heavy atom. The molecule has 1 saturated heterocycles. The summed E-state index contributed by atoms with van der Waals surface area (Å²) in [7, 11) is 0. The summed E-state index contributed by atoms with van der Waals surface area (Å²) >= 11 is 12.0. The number of hydrogen-bond donors (Lipinski definition) is 1. The molecule has 1 unspecified atom stereocenters. The zero-order valence-corrected chi connectivity index (χ0v) is 12.4. The summed E-state index contributed by atoms with van der Waals surface area (Å²) in [4.78, 5) is 11.2. The molecule has 0 radical (unpaired) electrons. The van der Waals surface area contributed by atoms with Crippen LogP contribution in [0.25, 0.3) is 11.0 Å². The fourth-order valence-corrected chi connectivity index (χ4v) is 2.89. The lowest BCUT2D eigenvalue weighted by molar-refractivity contribution is 0.208. The molecule has 1 N–H and O–H groups in total. The molecule has 0 bridgehead atoms. The number of benzene rings is 1. The van der Waals surface area contributed by atoms with Gasteiger partial charge in [-0.05, 0) is 30.9 Å². The number of nitrogens with zero attached hydrogens (tertiary/aromatic N) is 3. The van der Waals surface area contributed by atoms with Crippen LogP contribution in [0.2, 0.25) is 10.0 Å². The SMILES string of the molecule is OCC1CCCN(c2cnc3cc(Cl)c(Cl)cc3n2)C1. The van der Waals surface area contributed by atoms with Gasteiger partial charge in [-0.3, -0.25) is 4.98 Å². The Morgan fingerprint density at radius 1 is 1.25 bits per heavy atom. The summed E-state index contributed by atoms with van der Waals surface area (Å²) in [6, 6.07) is 3.46. The van der Waals surface area contributed by atoms with Gasteiger partial charge >= 0.3 is 0 Å². The van der Waals surface area contributed by atoms with Gasteiger partial charge in [-0.2, -0.15) is 0 Å². The van der Waals surface area contributed by atoms with Crippen molar-refractivity contribution in [1.29, 1.82) is 0 Å². The Kier molecular flexibility index (Phi) is 3.96. The molecule has 0 saturated carbocycles. The normalized spacial score (nSPS) is 19.6. The minimum atomic E-state index is 0.221. The highest BCUT2D eigenvalue weighted by Crippen LogP contribution is 2.28. The number of aliphatic hydroxyl groups excluding tert-OH is 1. The Hall–Kier alpha value is -1.10. The van der Waals surface area contributed by atoms with Gasteiger partial charge in [-0.15, -0.1) is 0 Å². The molecular formula is C14H15Cl2N3O. The van der Waals surface area contributed by atoms with Gasteiger partial charge in [-0.1, -0.05) is 23.2 Å². The van der Waals surface area contributed by atoms with Crippen LogP contribution >= 0.6 is 23.2 Å². The highest BCUT2D eigenvalue weighted by Gasteiger charge is 2.20. The van der Waals surface area contributed by atoms with E-state index in [1.807, 2.05) is 0 Å². The molecule has 106 valence electrons. The largest absolute Gasteiger partial charge is 0.396 e. The zero-order valence-electron chi connectivity index (χ0n) is 10.9. The third-order valence-electron chi connectivity index (χ3n) is 3.67. The second-order valence-electron chi connectivity index (χ2n) is 5.12. The molecule has 1 aromatic carbocycles. The number of hydrogen-bond acceptors (Lipinski definition) is 4. The summed E-state index contributed by atoms with van der Waals surface area (Å²) in [5.74, 6) is 1.14. The molecule has 1 aliphatic heterocycles. The first-order valence-electron chi connectivity index (χ1n) is 6.65. The lowest BCUT2D eigenvalue weighted by Crippen LogP contribution is -2.37. The second kappa shape index (κ2) is 5.72. The molecular weight excluding hydrogens is 297 g/mol. The van der Waals surface area contributed by atoms with Gasteiger partial charge in [0, 0.05) is 19.7 Å². The van der Waals surface area contributed by atoms with Crippen LogP contribution in [-0.4, -0.2) is 34.8 Å². The predicted molar refractivity (Wildman–Crippen MR) is 81.6 cm³/mol. The molecule has 6 heteroatoms. The van der Waals surface area contributed by atoms with Gasteiger partial charge in [0.05, 0.1) is 27.3 Å². The van der Waals surface area contributed by atoms with Gasteiger partial charge in [0.15, 0.2) is 0 Å². The van der Waals surface area contributed by atoms with E-state index < -0.39 is 0 Å². The molecule has 20 heavy (non-hydrogen) atoms. The number of fused-ring (bicyclic) bond motifs is 1. The molecule has 4 nitrogen and oxygen atoms in total. The minimum absolute atomic E-state index is 0.221. The number of aliphatic hydroxyl groups is 1. The minimum Gasteiger partial charge on any atom is -0.396 e. The van der Waals surface area contributed by atoms with E-state index in [4.69, 9.17) is 23.2 Å². The molecule has 1 aromatic heterocycles. The number of piperidine rings is 1. The van der Waals surface area contributed by atoms with Crippen molar-refractivity contribution in [2.24, 2.45) is 5.92 Å². The summed E-state index contributed by atoms with van der Waals surface area (Å²) in [5, 5.41) is 10.3. The van der Waals surface area contributed by atoms with Crippen LogP contribution in [0.15, 0.2) is 18.3 Å². The van der Waals surface area contributed by atoms with Crippen LogP contribution < -0.4 is 4.90 Å². The van der Waals surface area contributed by atoms with E-state index in [0.717, 1.165) is 42.8 Å². The highest BCUT2D eigenvalue weighted by molar-refractivity contribution is 6.42. The molecule has 3 rings (SSSR count). The van der Waals surface area contributed by atoms with Crippen molar-refractivity contribution >= 4 is 40.1 Å². The molecule has 0 spiro atoms. The van der Waals surface area contributed by atoms with E-state index in [-0.39, 0.29) is 6.61 Å². The third kappa shape index (κ3) is 2.68. The number of rotatable bonds is 2. The zero-order chi connectivity index (χ0) is 14.1. The topological polar surface area (TPSA) is 49.2 Å². The van der Waals surface area contributed by atoms with E-state index in [9.17, 15) is 5.11 Å². The van der Waals surface area contributed by atoms with Crippen LogP contribution in [0.1, 0.15) is 12.8 Å². The van der Waals surface area contributed by atoms with Crippen molar-refractivity contribution in [1.82, 2.24) is 9.97 Å². The van der Waals surface area contributed by atoms with Gasteiger partial charge in [0.2, 0.25) is 0 Å². The highest BCUT2D eigenvalue weighted by atomic mass is 35.5. The average molecular weight is 312 g/mol. The van der Waals surface area contributed by atoms with E-state index in [1.165, 1.54) is 0 Å². The van der Waals surface area contributed by atoms with Crippen molar-refractivity contribution in [2.45, 2.75) is 12.8 Å². The molecule has 2 heterocycles. The van der Waals surface area contributed by atoms with Gasteiger partial charge in [-0.25, -0.2) is 4.98 Å². The van der Waals surface area contributed by atoms with Gasteiger partial charge < -0.3 is 10.0 Å². The van der Waals surface area contributed by atoms with E-state index in [1.54, 1.807) is 18.3 Å². The summed E-state index contributed by atoms with van der Waals surface area (Å²) < 4.78 is 0. The first kappa shape index (κ1) is 13.9. The Labute approximate surface area is 127 Å². The maximum atomic E-state index is 9.30. The van der Waals surface area contributed by atoms with E-state index >= 15 is 0 Å². The van der Waals surface area contributed by atoms with Crippen LogP contribution in [0, 0.1) is 5.92 Å². The van der Waals surface area contributed by atoms with Crippen molar-refractivity contribution in [3.05, 3.63) is 28.4 Å². The Bertz CT molecular complexity index is 635. The quantitative estimate of drug-likeness (QED) is 0.925. The summed E-state index contributed by atoms with van der Waals surface area (Å²) in [6.45, 7) is 1.98. The Morgan fingerprint density at radius 3 is 2.75 bits per heavy atom. The Balaban J connectivity index is 1.94. The van der Waals surface area contributed by atoms with E-state index in [2.05, 4.69) is 14.9 Å². The first-order valence-corrected chi connectivity index (χ1v) is 7.40. The second-order valence-corrected chi connectivity index (χ2v) is 5.93. The molecule has 1 atom stereocenters. The van der Waals surface area contributed by atoms with Gasteiger partial charge in [0.25, 0.3) is 0 Å². The molecule has 1 aliphatic rings. The van der Waals surface area contributed by atoms with Gasteiger partial charge in [0.1, 0.15) is 5.82 Å². The monoisotopic (exact) mass is 311 g/mol. The average Bonchev–Trinajstić information content (AvgIpc) is 2.48. The number of aromatic nitrogens is 2. The van der Waals surface area contributed by atoms with Crippen LogP contribution in [0.5, 0.6) is 0 Å². The van der Waals surface area contributed by atoms with Crippen LogP contribution in [-0.2, 0) is 0 Å². The molecule has 0 aliphatic carbocycles. The predicted octanol–water partition coefficient (Wildman–Crippen LogP) is 3.15. The lowest BCUT2D eigenvalue weighted by atomic mass is 9.99. The van der Waals surface area contributed by atoms with Crippen molar-refractivity contribution in [3.8, 4) is 0 Å². The first-order chi connectivity index (χ1) is 9.67. The molecule has 1 fully saturated rings. The standard InChI is InChI=1S/C14H15Cl2N3O/c15-10-4-12-13(5-11(10)16)18-14(6-17-12)19-3-1-2-9(7-19)8-20/h4-6,9,20H,1-3,7-8H2. The molecule has 2 aromatic rings. The lowest BCUT2D eigenvalue weighted by Gasteiger charge is -2.32. The number of halogens is 2. The summed E-state index contributed by atoms with van der Waals surface area (Å²) in [6.07, 6.45) is 3.88. The smallest absolute Gasteiger partial charge is 0.147 e. The van der Waals surface area contributed by atoms with Crippen molar-refractivity contribution in [2.75, 3.05) is 24.6 Å². The maximum Gasteiger partial charge on any atom is 0.147 e. The summed E-state index contributed by atoms with van der Waals surface area (Å²) in [5.41, 5.74) is 1.47. The number of anilines is 1. The van der Waals surface area contributed by atoms with E-state index in [0.29, 0.717) is 16.0 Å². The molecule has 0 amide bonds.